The molecule has 0 fully saturated rings. The molecule has 0 heterocycles. The quantitative estimate of drug-likeness (QED) is 0.699. The van der Waals surface area contributed by atoms with Gasteiger partial charge in [-0.25, -0.2) is 0 Å². The van der Waals surface area contributed by atoms with Gasteiger partial charge in [-0.05, 0) is 0 Å². The Hall–Kier alpha value is 0.499. The van der Waals surface area contributed by atoms with Gasteiger partial charge in [0.1, 0.15) is 0 Å². The molecule has 0 amide bonds. The molecule has 0 aliphatic carbocycles. The van der Waals surface area contributed by atoms with Crippen molar-refractivity contribution in [3.8, 4) is 0 Å². The molecule has 0 aliphatic heterocycles. The molecular weight excluding hydrogens is 295 g/mol. The van der Waals surface area contributed by atoms with Gasteiger partial charge in [-0.3, -0.25) is 0 Å². The fourth-order valence-electron chi connectivity index (χ4n) is 0.834. The van der Waals surface area contributed by atoms with Gasteiger partial charge in [0, 0.05) is 0 Å². The summed E-state index contributed by atoms with van der Waals surface area (Å²) in [4.78, 5) is 4.70. The van der Waals surface area contributed by atoms with Crippen LogP contribution >= 0.6 is 12.7 Å². The zero-order valence-electron chi connectivity index (χ0n) is 6.26. The summed E-state index contributed by atoms with van der Waals surface area (Å²) < 4.78 is 1.52. The van der Waals surface area contributed by atoms with Crippen molar-refractivity contribution in [1.29, 1.82) is 0 Å². The van der Waals surface area contributed by atoms with Gasteiger partial charge >= 0.3 is 72.7 Å². The second kappa shape index (κ2) is 3.26. The number of rotatable bonds is 1. The predicted octanol–water partition coefficient (Wildman–Crippen LogP) is 2.49. The summed E-state index contributed by atoms with van der Waals surface area (Å²) in [6, 6.07) is 10.7. The predicted molar refractivity (Wildman–Crippen MR) is 52.5 cm³/mol. The molecule has 0 saturated carbocycles. The van der Waals surface area contributed by atoms with Crippen LogP contribution in [0, 0.1) is 0 Å². The molecule has 0 spiro atoms. The van der Waals surface area contributed by atoms with Crippen molar-refractivity contribution in [1.82, 2.24) is 0 Å². The van der Waals surface area contributed by atoms with E-state index in [0.29, 0.717) is 0 Å². The molecule has 0 aromatic heterocycles. The molecule has 2 heteroatoms. The molecule has 1 aromatic rings. The molecule has 10 heavy (non-hydrogen) atoms. The van der Waals surface area contributed by atoms with E-state index in [1.54, 1.807) is 0 Å². The van der Waals surface area contributed by atoms with Crippen molar-refractivity contribution < 1.29 is 0 Å². The number of hydrogen-bond acceptors (Lipinski definition) is 0. The summed E-state index contributed by atoms with van der Waals surface area (Å²) in [5.74, 6) is 0. The van der Waals surface area contributed by atoms with Crippen LogP contribution in [0.4, 0.5) is 0 Å². The normalized spacial score (nSPS) is 11.5. The average Bonchev–Trinajstić information content (AvgIpc) is 1.88. The Bertz CT molecular complexity index is 200. The first kappa shape index (κ1) is 8.59. The summed E-state index contributed by atoms with van der Waals surface area (Å²) in [5, 5.41) is 0. The zero-order chi connectivity index (χ0) is 7.61. The Labute approximate surface area is 72.3 Å². The van der Waals surface area contributed by atoms with Gasteiger partial charge in [-0.1, -0.05) is 0 Å². The summed E-state index contributed by atoms with van der Waals surface area (Å²) in [7, 11) is 0. The monoisotopic (exact) mass is 306 g/mol. The van der Waals surface area contributed by atoms with Crippen LogP contribution in [0.1, 0.15) is 0 Å². The molecule has 0 nitrogen and oxygen atoms in total. The van der Waals surface area contributed by atoms with Gasteiger partial charge in [-0.2, -0.15) is 0 Å². The number of benzene rings is 1. The minimum atomic E-state index is -1.90. The molecule has 0 unspecified atom stereocenters. The van der Waals surface area contributed by atoms with E-state index in [2.05, 4.69) is 52.9 Å². The Morgan fingerprint density at radius 2 is 1.60 bits per heavy atom. The van der Waals surface area contributed by atoms with Crippen LogP contribution in [0.5, 0.6) is 0 Å². The van der Waals surface area contributed by atoms with Gasteiger partial charge in [0.05, 0.1) is 0 Å². The van der Waals surface area contributed by atoms with Crippen LogP contribution in [-0.2, 0) is 0 Å². The van der Waals surface area contributed by atoms with Crippen molar-refractivity contribution in [3.63, 3.8) is 0 Å². The Morgan fingerprint density at radius 3 is 1.90 bits per heavy atom. The first-order valence-electron chi connectivity index (χ1n) is 3.35. The van der Waals surface area contributed by atoms with Crippen LogP contribution in [0.25, 0.3) is 0 Å². The molecule has 0 atom stereocenters. The van der Waals surface area contributed by atoms with E-state index in [1.807, 2.05) is 0 Å². The molecule has 0 radical (unpaired) electrons. The van der Waals surface area contributed by atoms with Crippen LogP contribution in [0.2, 0.25) is 9.88 Å². The van der Waals surface area contributed by atoms with E-state index < -0.39 is 16.2 Å². The Kier molecular flexibility index (Phi) is 2.80. The average molecular weight is 306 g/mol. The van der Waals surface area contributed by atoms with Crippen LogP contribution in [0.3, 0.4) is 0 Å². The molecular formula is C8H11BrSn. The molecule has 0 N–H and O–H groups in total. The molecule has 1 aromatic carbocycles. The van der Waals surface area contributed by atoms with Crippen molar-refractivity contribution >= 4 is 32.4 Å². The van der Waals surface area contributed by atoms with Gasteiger partial charge in [0.25, 0.3) is 0 Å². The van der Waals surface area contributed by atoms with Crippen molar-refractivity contribution in [3.05, 3.63) is 30.3 Å². The SMILES string of the molecule is [CH3][Sn]([CH3])([Br])[c]1ccccc1. The van der Waals surface area contributed by atoms with Crippen LogP contribution < -0.4 is 3.58 Å². The maximum absolute atomic E-state index is 3.80. The summed E-state index contributed by atoms with van der Waals surface area (Å²) in [6.07, 6.45) is 0. The van der Waals surface area contributed by atoms with Crippen molar-refractivity contribution in [2.24, 2.45) is 0 Å². The second-order valence-corrected chi connectivity index (χ2v) is 26.2. The van der Waals surface area contributed by atoms with Crippen LogP contribution in [0.15, 0.2) is 30.3 Å². The fourth-order valence-corrected chi connectivity index (χ4v) is 5.42. The summed E-state index contributed by atoms with van der Waals surface area (Å²) >= 11 is 1.90. The van der Waals surface area contributed by atoms with Gasteiger partial charge < -0.3 is 0 Å². The first-order chi connectivity index (χ1) is 4.61. The number of halogens is 1. The standard InChI is InChI=1S/C6H5.2CH3.BrH.Sn/c1-2-4-6-5-3-1;;;;/h1-5H;2*1H3;1H;/q;;;;+1/p-1. The third-order valence-corrected chi connectivity index (χ3v) is 9.40. The van der Waals surface area contributed by atoms with Crippen molar-refractivity contribution in [2.75, 3.05) is 0 Å². The number of hydrogen-bond donors (Lipinski definition) is 0. The Balaban J connectivity index is 2.97. The van der Waals surface area contributed by atoms with Gasteiger partial charge in [-0.15, -0.1) is 0 Å². The van der Waals surface area contributed by atoms with E-state index in [0.717, 1.165) is 0 Å². The molecule has 0 aliphatic rings. The third kappa shape index (κ3) is 2.27. The van der Waals surface area contributed by atoms with Gasteiger partial charge in [0.2, 0.25) is 0 Å². The Morgan fingerprint density at radius 1 is 1.10 bits per heavy atom. The van der Waals surface area contributed by atoms with Crippen LogP contribution in [-0.4, -0.2) is 16.2 Å². The minimum absolute atomic E-state index is 1.52. The topological polar surface area (TPSA) is 0 Å². The third-order valence-electron chi connectivity index (χ3n) is 1.46. The van der Waals surface area contributed by atoms with Gasteiger partial charge in [0.15, 0.2) is 0 Å². The van der Waals surface area contributed by atoms with E-state index in [1.165, 1.54) is 3.58 Å². The summed E-state index contributed by atoms with van der Waals surface area (Å²) in [5.41, 5.74) is 0. The van der Waals surface area contributed by atoms with E-state index in [4.69, 9.17) is 0 Å². The first-order valence-corrected chi connectivity index (χ1v) is 16.9. The van der Waals surface area contributed by atoms with E-state index in [-0.39, 0.29) is 0 Å². The molecule has 1 rings (SSSR count). The molecule has 54 valence electrons. The zero-order valence-corrected chi connectivity index (χ0v) is 10.7. The van der Waals surface area contributed by atoms with E-state index >= 15 is 0 Å². The summed E-state index contributed by atoms with van der Waals surface area (Å²) in [6.45, 7) is 0. The van der Waals surface area contributed by atoms with Crippen molar-refractivity contribution in [2.45, 2.75) is 9.88 Å². The second-order valence-electron chi connectivity index (χ2n) is 2.84. The fraction of sp³-hybridized carbons (Fsp3) is 0.250. The molecule has 0 saturated heterocycles. The molecule has 0 bridgehead atoms. The maximum atomic E-state index is 3.80. The van der Waals surface area contributed by atoms with E-state index in [9.17, 15) is 0 Å².